The fraction of sp³-hybridized carbons (Fsp3) is 0.545. The third kappa shape index (κ3) is 2.95. The highest BCUT2D eigenvalue weighted by atomic mass is 16.5. The van der Waals surface area contributed by atoms with E-state index in [0.717, 1.165) is 0 Å². The van der Waals surface area contributed by atoms with Gasteiger partial charge in [0.05, 0.1) is 19.6 Å². The lowest BCUT2D eigenvalue weighted by molar-refractivity contribution is -0.152. The van der Waals surface area contributed by atoms with Crippen LogP contribution in [0, 0.1) is 11.8 Å². The summed E-state index contributed by atoms with van der Waals surface area (Å²) in [5.41, 5.74) is -0.226. The molecule has 1 saturated carbocycles. The molecule has 1 aliphatic carbocycles. The van der Waals surface area contributed by atoms with Crippen molar-refractivity contribution >= 4 is 11.9 Å². The second kappa shape index (κ2) is 5.59. The molecule has 1 aromatic rings. The molecule has 102 valence electrons. The van der Waals surface area contributed by atoms with E-state index in [0.29, 0.717) is 12.8 Å². The number of H-pyrrole nitrogens is 1. The fourth-order valence-corrected chi connectivity index (χ4v) is 1.94. The van der Waals surface area contributed by atoms with Gasteiger partial charge in [-0.15, -0.1) is 10.2 Å². The molecule has 2 rings (SSSR count). The number of aromatic nitrogens is 3. The van der Waals surface area contributed by atoms with Crippen molar-refractivity contribution in [3.8, 4) is 0 Å². The van der Waals surface area contributed by atoms with Crippen LogP contribution in [0.2, 0.25) is 0 Å². The summed E-state index contributed by atoms with van der Waals surface area (Å²) in [5.74, 6) is -0.875. The van der Waals surface area contributed by atoms with Gasteiger partial charge in [0, 0.05) is 5.92 Å². The third-order valence-electron chi connectivity index (χ3n) is 3.17. The first-order valence-electron chi connectivity index (χ1n) is 5.86. The molecular weight excluding hydrogens is 252 g/mol. The molecule has 8 heteroatoms. The SMILES string of the molecule is COC(=O)C1CC(C(=O)NCc2nnc[nH]c2=O)C1. The Labute approximate surface area is 108 Å². The van der Waals surface area contributed by atoms with Crippen LogP contribution in [-0.4, -0.2) is 34.2 Å². The quantitative estimate of drug-likeness (QED) is 0.674. The van der Waals surface area contributed by atoms with Gasteiger partial charge in [0.25, 0.3) is 5.56 Å². The predicted molar refractivity (Wildman–Crippen MR) is 62.7 cm³/mol. The second-order valence-corrected chi connectivity index (χ2v) is 4.37. The van der Waals surface area contributed by atoms with E-state index in [1.807, 2.05) is 0 Å². The van der Waals surface area contributed by atoms with E-state index in [-0.39, 0.29) is 41.5 Å². The van der Waals surface area contributed by atoms with Crippen molar-refractivity contribution < 1.29 is 14.3 Å². The van der Waals surface area contributed by atoms with Crippen LogP contribution in [0.3, 0.4) is 0 Å². The number of nitrogens with one attached hydrogen (secondary N) is 2. The van der Waals surface area contributed by atoms with Gasteiger partial charge in [-0.1, -0.05) is 0 Å². The van der Waals surface area contributed by atoms with Gasteiger partial charge in [-0.2, -0.15) is 0 Å². The number of carbonyl (C=O) groups excluding carboxylic acids is 2. The van der Waals surface area contributed by atoms with E-state index in [4.69, 9.17) is 0 Å². The van der Waals surface area contributed by atoms with E-state index in [1.165, 1.54) is 13.4 Å². The summed E-state index contributed by atoms with van der Waals surface area (Å²) in [7, 11) is 1.33. The first-order chi connectivity index (χ1) is 9.11. The van der Waals surface area contributed by atoms with Crippen molar-refractivity contribution in [2.75, 3.05) is 7.11 Å². The zero-order valence-corrected chi connectivity index (χ0v) is 10.4. The Balaban J connectivity index is 1.79. The smallest absolute Gasteiger partial charge is 0.308 e. The topological polar surface area (TPSA) is 114 Å². The lowest BCUT2D eigenvalue weighted by atomic mass is 9.74. The monoisotopic (exact) mass is 266 g/mol. The summed E-state index contributed by atoms with van der Waals surface area (Å²) in [6.07, 6.45) is 2.14. The number of esters is 1. The molecule has 0 aromatic carbocycles. The van der Waals surface area contributed by atoms with Crippen LogP contribution >= 0.6 is 0 Å². The minimum Gasteiger partial charge on any atom is -0.469 e. The number of hydrogen-bond donors (Lipinski definition) is 2. The van der Waals surface area contributed by atoms with E-state index < -0.39 is 0 Å². The molecule has 8 nitrogen and oxygen atoms in total. The Bertz CT molecular complexity index is 535. The lowest BCUT2D eigenvalue weighted by Crippen LogP contribution is -2.42. The van der Waals surface area contributed by atoms with Gasteiger partial charge in [-0.05, 0) is 12.8 Å². The van der Waals surface area contributed by atoms with E-state index in [1.54, 1.807) is 0 Å². The molecule has 1 heterocycles. The number of nitrogens with zero attached hydrogens (tertiary/aromatic N) is 2. The van der Waals surface area contributed by atoms with Crippen molar-refractivity contribution in [3.05, 3.63) is 22.4 Å². The molecule has 1 aliphatic rings. The number of hydrogen-bond acceptors (Lipinski definition) is 6. The van der Waals surface area contributed by atoms with E-state index in [2.05, 4.69) is 25.2 Å². The minimum absolute atomic E-state index is 0.0292. The van der Waals surface area contributed by atoms with Crippen molar-refractivity contribution in [2.45, 2.75) is 19.4 Å². The highest BCUT2D eigenvalue weighted by Gasteiger charge is 2.39. The van der Waals surface area contributed by atoms with Gasteiger partial charge in [0.1, 0.15) is 12.0 Å². The highest BCUT2D eigenvalue weighted by Crippen LogP contribution is 2.34. The third-order valence-corrected chi connectivity index (χ3v) is 3.17. The first-order valence-corrected chi connectivity index (χ1v) is 5.86. The normalized spacial score (nSPS) is 21.3. The van der Waals surface area contributed by atoms with Gasteiger partial charge >= 0.3 is 5.97 Å². The highest BCUT2D eigenvalue weighted by molar-refractivity contribution is 5.83. The predicted octanol–water partition coefficient (Wildman–Crippen LogP) is -1.02. The molecule has 0 aliphatic heterocycles. The summed E-state index contributed by atoms with van der Waals surface area (Å²) in [5, 5.41) is 9.76. The van der Waals surface area contributed by atoms with Crippen LogP contribution < -0.4 is 10.9 Å². The maximum atomic E-state index is 11.7. The second-order valence-electron chi connectivity index (χ2n) is 4.37. The molecular formula is C11H14N4O4. The standard InChI is InChI=1S/C11H14N4O4/c1-19-11(18)7-2-6(3-7)9(16)12-4-8-10(17)13-5-14-15-8/h5-7H,2-4H2,1H3,(H,12,16)(H,13,14,17). The Hall–Kier alpha value is -2.25. The summed E-state index contributed by atoms with van der Waals surface area (Å²) in [6.45, 7) is 0.0292. The summed E-state index contributed by atoms with van der Waals surface area (Å²) in [4.78, 5) is 36.6. The number of amides is 1. The van der Waals surface area contributed by atoms with Crippen LogP contribution in [0.1, 0.15) is 18.5 Å². The number of ether oxygens (including phenoxy) is 1. The Morgan fingerprint density at radius 3 is 2.84 bits per heavy atom. The van der Waals surface area contributed by atoms with E-state index in [9.17, 15) is 14.4 Å². The largest absolute Gasteiger partial charge is 0.469 e. The molecule has 0 unspecified atom stereocenters. The van der Waals surface area contributed by atoms with Crippen molar-refractivity contribution in [1.82, 2.24) is 20.5 Å². The van der Waals surface area contributed by atoms with Gasteiger partial charge in [0.2, 0.25) is 5.91 Å². The summed E-state index contributed by atoms with van der Waals surface area (Å²) in [6, 6.07) is 0. The molecule has 1 amide bonds. The Kier molecular flexibility index (Phi) is 3.88. The summed E-state index contributed by atoms with van der Waals surface area (Å²) >= 11 is 0. The van der Waals surface area contributed by atoms with Gasteiger partial charge < -0.3 is 15.0 Å². The van der Waals surface area contributed by atoms with E-state index >= 15 is 0 Å². The Morgan fingerprint density at radius 1 is 1.47 bits per heavy atom. The van der Waals surface area contributed by atoms with Crippen LogP contribution in [-0.2, 0) is 20.9 Å². The molecule has 0 bridgehead atoms. The Morgan fingerprint density at radius 2 is 2.21 bits per heavy atom. The van der Waals surface area contributed by atoms with Crippen LogP contribution in [0.15, 0.2) is 11.1 Å². The summed E-state index contributed by atoms with van der Waals surface area (Å²) < 4.78 is 4.59. The number of rotatable bonds is 4. The number of methoxy groups -OCH3 is 1. The van der Waals surface area contributed by atoms with Crippen LogP contribution in [0.4, 0.5) is 0 Å². The number of aromatic amines is 1. The first kappa shape index (κ1) is 13.2. The molecule has 0 saturated heterocycles. The van der Waals surface area contributed by atoms with Gasteiger partial charge in [-0.3, -0.25) is 14.4 Å². The zero-order chi connectivity index (χ0) is 13.8. The van der Waals surface area contributed by atoms with Crippen molar-refractivity contribution in [1.29, 1.82) is 0 Å². The number of carbonyl (C=O) groups is 2. The fourth-order valence-electron chi connectivity index (χ4n) is 1.94. The van der Waals surface area contributed by atoms with Crippen LogP contribution in [0.25, 0.3) is 0 Å². The zero-order valence-electron chi connectivity index (χ0n) is 10.4. The molecule has 1 aromatic heterocycles. The maximum absolute atomic E-state index is 11.7. The van der Waals surface area contributed by atoms with Gasteiger partial charge in [0.15, 0.2) is 0 Å². The minimum atomic E-state index is -0.378. The van der Waals surface area contributed by atoms with Gasteiger partial charge in [-0.25, -0.2) is 0 Å². The lowest BCUT2D eigenvalue weighted by Gasteiger charge is -2.31. The molecule has 0 atom stereocenters. The molecule has 0 spiro atoms. The molecule has 0 radical (unpaired) electrons. The van der Waals surface area contributed by atoms with Crippen molar-refractivity contribution in [3.63, 3.8) is 0 Å². The maximum Gasteiger partial charge on any atom is 0.308 e. The molecule has 2 N–H and O–H groups in total. The van der Waals surface area contributed by atoms with Crippen molar-refractivity contribution in [2.24, 2.45) is 11.8 Å². The average Bonchev–Trinajstić information content (AvgIpc) is 2.35. The van der Waals surface area contributed by atoms with Crippen LogP contribution in [0.5, 0.6) is 0 Å². The molecule has 1 fully saturated rings. The average molecular weight is 266 g/mol. The molecule has 19 heavy (non-hydrogen) atoms.